The summed E-state index contributed by atoms with van der Waals surface area (Å²) in [6.45, 7) is 5.23. The van der Waals surface area contributed by atoms with Gasteiger partial charge in [0.05, 0.1) is 29.9 Å². The Balaban J connectivity index is 1.77. The lowest BCUT2D eigenvalue weighted by molar-refractivity contribution is -0.153. The molecule has 2 aliphatic rings. The van der Waals surface area contributed by atoms with Gasteiger partial charge in [-0.2, -0.15) is 0 Å². The van der Waals surface area contributed by atoms with Crippen LogP contribution in [-0.4, -0.2) is 63.0 Å². The molecule has 0 radical (unpaired) electrons. The highest BCUT2D eigenvalue weighted by Crippen LogP contribution is 2.21. The standard InChI is InChI=1S/C27H35NO8S/c1-18-10-12-21(13-11-18)37(32,33)28-22-16-34-26(30)9-5-7-20(3)24-15-14-23(29)25(36-24)17-35-27(31)8-4-6-19(22)2/h4-7,10-15,19-20,22-25,28-29H,8-9,16-17H2,1-3H3/b6-4-,7-5-/t19-,20-,22+,23+,24-,25-/m1/s1. The number of rotatable bonds is 3. The molecular formula is C27H35NO8S. The molecule has 2 heterocycles. The molecule has 0 spiro atoms. The minimum atomic E-state index is -3.88. The fourth-order valence-corrected chi connectivity index (χ4v) is 5.18. The zero-order chi connectivity index (χ0) is 27.0. The van der Waals surface area contributed by atoms with Crippen molar-refractivity contribution in [3.05, 3.63) is 66.3 Å². The van der Waals surface area contributed by atoms with Gasteiger partial charge in [0.2, 0.25) is 10.0 Å². The van der Waals surface area contributed by atoms with Crippen LogP contribution in [0.15, 0.2) is 65.6 Å². The molecule has 0 saturated heterocycles. The number of esters is 2. The van der Waals surface area contributed by atoms with Gasteiger partial charge in [-0.1, -0.05) is 68.0 Å². The van der Waals surface area contributed by atoms with Crippen LogP contribution >= 0.6 is 0 Å². The summed E-state index contributed by atoms with van der Waals surface area (Å²) < 4.78 is 45.2. The zero-order valence-corrected chi connectivity index (χ0v) is 22.1. The van der Waals surface area contributed by atoms with Gasteiger partial charge in [0.25, 0.3) is 0 Å². The number of benzene rings is 1. The highest BCUT2D eigenvalue weighted by Gasteiger charge is 2.29. The van der Waals surface area contributed by atoms with Crippen molar-refractivity contribution in [2.45, 2.75) is 62.9 Å². The third kappa shape index (κ3) is 8.63. The third-order valence-corrected chi connectivity index (χ3v) is 7.79. The maximum absolute atomic E-state index is 13.0. The number of hydrogen-bond donors (Lipinski definition) is 2. The van der Waals surface area contributed by atoms with Crippen molar-refractivity contribution in [3.8, 4) is 0 Å². The highest BCUT2D eigenvalue weighted by atomic mass is 32.2. The number of aliphatic hydroxyl groups excluding tert-OH is 1. The van der Waals surface area contributed by atoms with Crippen LogP contribution in [0.4, 0.5) is 0 Å². The van der Waals surface area contributed by atoms with Crippen molar-refractivity contribution >= 4 is 22.0 Å². The van der Waals surface area contributed by atoms with Gasteiger partial charge in [-0.25, -0.2) is 13.1 Å². The van der Waals surface area contributed by atoms with Crippen molar-refractivity contribution in [2.75, 3.05) is 13.2 Å². The summed E-state index contributed by atoms with van der Waals surface area (Å²) in [6.07, 6.45) is 8.07. The van der Waals surface area contributed by atoms with E-state index in [-0.39, 0.29) is 43.0 Å². The Morgan fingerprint density at radius 1 is 0.865 bits per heavy atom. The molecule has 0 fully saturated rings. The van der Waals surface area contributed by atoms with Gasteiger partial charge in [0, 0.05) is 5.92 Å². The van der Waals surface area contributed by atoms with E-state index in [2.05, 4.69) is 4.72 Å². The largest absolute Gasteiger partial charge is 0.464 e. The first-order valence-corrected chi connectivity index (χ1v) is 13.8. The van der Waals surface area contributed by atoms with Crippen molar-refractivity contribution in [3.63, 3.8) is 0 Å². The molecule has 1 aromatic carbocycles. The first-order chi connectivity index (χ1) is 17.5. The Bertz CT molecular complexity index is 1130. The van der Waals surface area contributed by atoms with Gasteiger partial charge in [-0.15, -0.1) is 0 Å². The van der Waals surface area contributed by atoms with E-state index in [1.165, 1.54) is 12.1 Å². The molecule has 0 unspecified atom stereocenters. The Kier molecular flexibility index (Phi) is 10.2. The van der Waals surface area contributed by atoms with Crippen molar-refractivity contribution < 1.29 is 37.3 Å². The van der Waals surface area contributed by atoms with E-state index in [4.69, 9.17) is 14.2 Å². The summed E-state index contributed by atoms with van der Waals surface area (Å²) in [5, 5.41) is 10.2. The van der Waals surface area contributed by atoms with E-state index in [1.54, 1.807) is 49.4 Å². The molecule has 6 atom stereocenters. The Hall–Kier alpha value is -2.79. The number of carbonyl (C=O) groups is 2. The molecule has 1 aromatic rings. The number of hydrogen-bond acceptors (Lipinski definition) is 8. The monoisotopic (exact) mass is 533 g/mol. The van der Waals surface area contributed by atoms with E-state index in [9.17, 15) is 23.1 Å². The fraction of sp³-hybridized carbons (Fsp3) is 0.481. The lowest BCUT2D eigenvalue weighted by atomic mass is 9.99. The quantitative estimate of drug-likeness (QED) is 0.448. The van der Waals surface area contributed by atoms with Crippen LogP contribution in [0.1, 0.15) is 32.3 Å². The Labute approximate surface area is 218 Å². The smallest absolute Gasteiger partial charge is 0.309 e. The fourth-order valence-electron chi connectivity index (χ4n) is 3.87. The second-order valence-corrected chi connectivity index (χ2v) is 11.1. The molecule has 37 heavy (non-hydrogen) atoms. The Morgan fingerprint density at radius 2 is 1.46 bits per heavy atom. The number of fused-ring (bicyclic) bond motifs is 2. The molecule has 0 amide bonds. The van der Waals surface area contributed by atoms with Gasteiger partial charge in [0.1, 0.15) is 25.4 Å². The molecule has 0 aliphatic carbocycles. The number of aliphatic hydroxyl groups is 1. The minimum absolute atomic E-state index is 0.00604. The van der Waals surface area contributed by atoms with E-state index in [0.29, 0.717) is 0 Å². The van der Waals surface area contributed by atoms with Crippen LogP contribution in [0, 0.1) is 18.8 Å². The van der Waals surface area contributed by atoms with E-state index < -0.39 is 46.1 Å². The molecular weight excluding hydrogens is 498 g/mol. The number of ether oxygens (including phenoxy) is 3. The summed E-state index contributed by atoms with van der Waals surface area (Å²) in [7, 11) is -3.88. The molecule has 3 rings (SSSR count). The second kappa shape index (κ2) is 13.1. The number of cyclic esters (lactones) is 2. The van der Waals surface area contributed by atoms with Crippen LogP contribution in [0.3, 0.4) is 0 Å². The predicted octanol–water partition coefficient (Wildman–Crippen LogP) is 2.59. The number of aryl methyl sites for hydroxylation is 1. The lowest BCUT2D eigenvalue weighted by Crippen LogP contribution is -2.42. The van der Waals surface area contributed by atoms with E-state index >= 15 is 0 Å². The minimum Gasteiger partial charge on any atom is -0.464 e. The summed E-state index contributed by atoms with van der Waals surface area (Å²) in [5.74, 6) is -1.55. The summed E-state index contributed by atoms with van der Waals surface area (Å²) in [4.78, 5) is 24.8. The molecule has 2 aliphatic heterocycles. The van der Waals surface area contributed by atoms with Crippen LogP contribution < -0.4 is 4.72 Å². The van der Waals surface area contributed by atoms with Crippen LogP contribution in [0.5, 0.6) is 0 Å². The zero-order valence-electron chi connectivity index (χ0n) is 21.3. The number of carbonyl (C=O) groups excluding carboxylic acids is 2. The third-order valence-electron chi connectivity index (χ3n) is 6.28. The van der Waals surface area contributed by atoms with Crippen molar-refractivity contribution in [2.24, 2.45) is 11.8 Å². The average Bonchev–Trinajstić information content (AvgIpc) is 2.85. The predicted molar refractivity (Wildman–Crippen MR) is 137 cm³/mol. The van der Waals surface area contributed by atoms with Crippen molar-refractivity contribution in [1.82, 2.24) is 4.72 Å². The van der Waals surface area contributed by atoms with Crippen LogP contribution in [0.25, 0.3) is 0 Å². The topological polar surface area (TPSA) is 128 Å². The molecule has 10 heteroatoms. The summed E-state index contributed by atoms with van der Waals surface area (Å²) in [6, 6.07) is 5.66. The van der Waals surface area contributed by atoms with Crippen molar-refractivity contribution in [1.29, 1.82) is 0 Å². The second-order valence-electron chi connectivity index (χ2n) is 9.40. The van der Waals surface area contributed by atoms with E-state index in [0.717, 1.165) is 5.56 Å². The SMILES string of the molecule is Cc1ccc(S(=O)(=O)N[C@H]2COC(=O)C/C=C\[C@@H](C)[C@H]3C=C[C@H](O)[C@@H](COC(=O)C/C=C\[C@H]2C)O3)cc1. The highest BCUT2D eigenvalue weighted by molar-refractivity contribution is 7.89. The van der Waals surface area contributed by atoms with Crippen LogP contribution in [0.2, 0.25) is 0 Å². The van der Waals surface area contributed by atoms with Gasteiger partial charge in [-0.05, 0) is 25.0 Å². The summed E-state index contributed by atoms with van der Waals surface area (Å²) >= 11 is 0. The molecule has 0 aromatic heterocycles. The van der Waals surface area contributed by atoms with E-state index in [1.807, 2.05) is 19.9 Å². The van der Waals surface area contributed by atoms with Crippen LogP contribution in [-0.2, 0) is 33.8 Å². The average molecular weight is 534 g/mol. The summed E-state index contributed by atoms with van der Waals surface area (Å²) in [5.41, 5.74) is 0.926. The molecule has 2 N–H and O–H groups in total. The maximum Gasteiger partial charge on any atom is 0.309 e. The molecule has 202 valence electrons. The van der Waals surface area contributed by atoms with Gasteiger partial charge in [0.15, 0.2) is 0 Å². The lowest BCUT2D eigenvalue weighted by Gasteiger charge is -2.31. The number of nitrogens with one attached hydrogen (secondary N) is 1. The van der Waals surface area contributed by atoms with Gasteiger partial charge < -0.3 is 19.3 Å². The Morgan fingerprint density at radius 3 is 2.11 bits per heavy atom. The van der Waals surface area contributed by atoms with Gasteiger partial charge in [-0.3, -0.25) is 9.59 Å². The maximum atomic E-state index is 13.0. The number of sulfonamides is 1. The molecule has 0 saturated carbocycles. The van der Waals surface area contributed by atoms with Gasteiger partial charge >= 0.3 is 11.9 Å². The first-order valence-electron chi connectivity index (χ1n) is 12.3. The molecule has 9 nitrogen and oxygen atoms in total. The normalized spacial score (nSPS) is 31.9. The molecule has 2 bridgehead atoms. The first kappa shape index (κ1) is 28.8.